The van der Waals surface area contributed by atoms with Crippen molar-refractivity contribution < 1.29 is 19.0 Å². The second-order valence-corrected chi connectivity index (χ2v) is 4.79. The van der Waals surface area contributed by atoms with Crippen LogP contribution in [0.1, 0.15) is 23.2 Å². The van der Waals surface area contributed by atoms with E-state index in [2.05, 4.69) is 0 Å². The Hall–Kier alpha value is -1.62. The van der Waals surface area contributed by atoms with Gasteiger partial charge in [-0.25, -0.2) is 4.39 Å². The number of piperidine rings is 1. The quantitative estimate of drug-likeness (QED) is 0.906. The van der Waals surface area contributed by atoms with Gasteiger partial charge in [0.2, 0.25) is 0 Å². The van der Waals surface area contributed by atoms with Crippen LogP contribution in [0.2, 0.25) is 0 Å². The van der Waals surface area contributed by atoms with Gasteiger partial charge in [0.1, 0.15) is 0 Å². The first kappa shape index (κ1) is 13.8. The lowest BCUT2D eigenvalue weighted by Crippen LogP contribution is -2.40. The largest absolute Gasteiger partial charge is 0.494 e. The Kier molecular flexibility index (Phi) is 4.37. The summed E-state index contributed by atoms with van der Waals surface area (Å²) in [6.45, 7) is 1.32. The molecule has 1 N–H and O–H groups in total. The predicted molar refractivity (Wildman–Crippen MR) is 68.7 cm³/mol. The first-order valence-electron chi connectivity index (χ1n) is 6.39. The molecule has 1 aromatic carbocycles. The number of carbonyl (C=O) groups is 1. The summed E-state index contributed by atoms with van der Waals surface area (Å²) in [5, 5.41) is 9.17. The number of hydrogen-bond acceptors (Lipinski definition) is 3. The van der Waals surface area contributed by atoms with Crippen LogP contribution in [-0.4, -0.2) is 42.7 Å². The van der Waals surface area contributed by atoms with E-state index in [1.54, 1.807) is 4.90 Å². The van der Waals surface area contributed by atoms with Gasteiger partial charge in [-0.2, -0.15) is 0 Å². The van der Waals surface area contributed by atoms with E-state index in [-0.39, 0.29) is 24.2 Å². The molecule has 104 valence electrons. The molecule has 0 spiro atoms. The minimum atomic E-state index is -0.481. The second kappa shape index (κ2) is 6.02. The van der Waals surface area contributed by atoms with Crippen molar-refractivity contribution in [1.82, 2.24) is 4.90 Å². The van der Waals surface area contributed by atoms with Crippen molar-refractivity contribution in [3.05, 3.63) is 29.6 Å². The molecule has 2 rings (SSSR count). The van der Waals surface area contributed by atoms with Crippen LogP contribution in [0.5, 0.6) is 5.75 Å². The maximum Gasteiger partial charge on any atom is 0.254 e. The molecule has 1 aromatic rings. The van der Waals surface area contributed by atoms with Gasteiger partial charge in [0.25, 0.3) is 5.91 Å². The summed E-state index contributed by atoms with van der Waals surface area (Å²) in [5.74, 6) is -0.413. The zero-order chi connectivity index (χ0) is 13.8. The van der Waals surface area contributed by atoms with Crippen molar-refractivity contribution in [3.63, 3.8) is 0 Å². The summed E-state index contributed by atoms with van der Waals surface area (Å²) in [6.07, 6.45) is 1.82. The molecule has 0 aliphatic carbocycles. The summed E-state index contributed by atoms with van der Waals surface area (Å²) in [4.78, 5) is 14.0. The lowest BCUT2D eigenvalue weighted by Gasteiger charge is -2.32. The lowest BCUT2D eigenvalue weighted by atomic mass is 9.98. The number of methoxy groups -OCH3 is 1. The van der Waals surface area contributed by atoms with E-state index in [1.165, 1.54) is 25.3 Å². The molecule has 0 saturated carbocycles. The van der Waals surface area contributed by atoms with Gasteiger partial charge in [0, 0.05) is 25.3 Å². The van der Waals surface area contributed by atoms with Gasteiger partial charge in [-0.1, -0.05) is 0 Å². The Morgan fingerprint density at radius 1 is 1.58 bits per heavy atom. The third kappa shape index (κ3) is 3.04. The monoisotopic (exact) mass is 267 g/mol. The standard InChI is InChI=1S/C14H18FNO3/c1-19-13-7-11(4-5-12(13)15)14(18)16-6-2-3-10(8-16)9-17/h4-5,7,10,17H,2-3,6,8-9H2,1H3. The minimum absolute atomic E-state index is 0.0709. The number of ether oxygens (including phenoxy) is 1. The highest BCUT2D eigenvalue weighted by molar-refractivity contribution is 5.94. The Balaban J connectivity index is 2.14. The number of halogens is 1. The zero-order valence-corrected chi connectivity index (χ0v) is 10.9. The number of rotatable bonds is 3. The maximum atomic E-state index is 13.3. The van der Waals surface area contributed by atoms with Crippen molar-refractivity contribution in [2.45, 2.75) is 12.8 Å². The van der Waals surface area contributed by atoms with Crippen LogP contribution < -0.4 is 4.74 Å². The Labute approximate surface area is 111 Å². The Morgan fingerprint density at radius 3 is 3.05 bits per heavy atom. The summed E-state index contributed by atoms with van der Waals surface area (Å²) in [7, 11) is 1.37. The number of carbonyl (C=O) groups excluding carboxylic acids is 1. The highest BCUT2D eigenvalue weighted by atomic mass is 19.1. The average Bonchev–Trinajstić information content (AvgIpc) is 2.47. The highest BCUT2D eigenvalue weighted by Crippen LogP contribution is 2.22. The molecule has 4 nitrogen and oxygen atoms in total. The fourth-order valence-electron chi connectivity index (χ4n) is 2.37. The summed E-state index contributed by atoms with van der Waals surface area (Å²) in [6, 6.07) is 4.11. The first-order chi connectivity index (χ1) is 9.15. The van der Waals surface area contributed by atoms with Gasteiger partial charge in [0.15, 0.2) is 11.6 Å². The molecular weight excluding hydrogens is 249 g/mol. The number of amides is 1. The van der Waals surface area contributed by atoms with Crippen LogP contribution in [0.3, 0.4) is 0 Å². The minimum Gasteiger partial charge on any atom is -0.494 e. The van der Waals surface area contributed by atoms with Crippen LogP contribution >= 0.6 is 0 Å². The van der Waals surface area contributed by atoms with E-state index >= 15 is 0 Å². The third-order valence-corrected chi connectivity index (χ3v) is 3.46. The third-order valence-electron chi connectivity index (χ3n) is 3.46. The van der Waals surface area contributed by atoms with Crippen molar-refractivity contribution in [3.8, 4) is 5.75 Å². The molecule has 19 heavy (non-hydrogen) atoms. The average molecular weight is 267 g/mol. The zero-order valence-electron chi connectivity index (χ0n) is 10.9. The molecule has 1 heterocycles. The first-order valence-corrected chi connectivity index (χ1v) is 6.39. The smallest absolute Gasteiger partial charge is 0.254 e. The van der Waals surface area contributed by atoms with E-state index in [1.807, 2.05) is 0 Å². The summed E-state index contributed by atoms with van der Waals surface area (Å²) >= 11 is 0. The van der Waals surface area contributed by atoms with Gasteiger partial charge in [-0.15, -0.1) is 0 Å². The number of likely N-dealkylation sites (tertiary alicyclic amines) is 1. The van der Waals surface area contributed by atoms with Gasteiger partial charge in [0.05, 0.1) is 7.11 Å². The molecule has 1 fully saturated rings. The van der Waals surface area contributed by atoms with Crippen LogP contribution in [-0.2, 0) is 0 Å². The van der Waals surface area contributed by atoms with E-state index in [0.717, 1.165) is 12.8 Å². The molecule has 1 aliphatic rings. The van der Waals surface area contributed by atoms with Crippen molar-refractivity contribution in [1.29, 1.82) is 0 Å². The summed E-state index contributed by atoms with van der Waals surface area (Å²) < 4.78 is 18.2. The molecule has 1 amide bonds. The molecule has 1 saturated heterocycles. The molecule has 0 aromatic heterocycles. The topological polar surface area (TPSA) is 49.8 Å². The van der Waals surface area contributed by atoms with E-state index < -0.39 is 5.82 Å². The van der Waals surface area contributed by atoms with Crippen molar-refractivity contribution >= 4 is 5.91 Å². The number of hydrogen-bond donors (Lipinski definition) is 1. The number of benzene rings is 1. The fourth-order valence-corrected chi connectivity index (χ4v) is 2.37. The molecule has 5 heteroatoms. The molecule has 1 atom stereocenters. The number of aliphatic hydroxyl groups excluding tert-OH is 1. The van der Waals surface area contributed by atoms with E-state index in [4.69, 9.17) is 4.74 Å². The highest BCUT2D eigenvalue weighted by Gasteiger charge is 2.24. The predicted octanol–water partition coefficient (Wildman–Crippen LogP) is 1.68. The molecule has 0 bridgehead atoms. The molecule has 1 unspecified atom stereocenters. The second-order valence-electron chi connectivity index (χ2n) is 4.79. The van der Waals surface area contributed by atoms with Crippen molar-refractivity contribution in [2.24, 2.45) is 5.92 Å². The van der Waals surface area contributed by atoms with Crippen LogP contribution in [0.15, 0.2) is 18.2 Å². The van der Waals surface area contributed by atoms with Gasteiger partial charge in [-0.3, -0.25) is 4.79 Å². The fraction of sp³-hybridized carbons (Fsp3) is 0.500. The maximum absolute atomic E-state index is 13.3. The van der Waals surface area contributed by atoms with E-state index in [9.17, 15) is 14.3 Å². The Morgan fingerprint density at radius 2 is 2.37 bits per heavy atom. The van der Waals surface area contributed by atoms with E-state index in [0.29, 0.717) is 18.7 Å². The number of nitrogens with zero attached hydrogens (tertiary/aromatic N) is 1. The normalized spacial score (nSPS) is 19.3. The van der Waals surface area contributed by atoms with Crippen LogP contribution in [0, 0.1) is 11.7 Å². The van der Waals surface area contributed by atoms with Crippen molar-refractivity contribution in [2.75, 3.05) is 26.8 Å². The van der Waals surface area contributed by atoms with Gasteiger partial charge >= 0.3 is 0 Å². The van der Waals surface area contributed by atoms with Gasteiger partial charge in [-0.05, 0) is 37.0 Å². The molecule has 0 radical (unpaired) electrons. The lowest BCUT2D eigenvalue weighted by molar-refractivity contribution is 0.0620. The molecule has 1 aliphatic heterocycles. The number of aliphatic hydroxyl groups is 1. The Bertz CT molecular complexity index is 464. The van der Waals surface area contributed by atoms with Crippen LogP contribution in [0.25, 0.3) is 0 Å². The SMILES string of the molecule is COc1cc(C(=O)N2CCCC(CO)C2)ccc1F. The van der Waals surface area contributed by atoms with Crippen LogP contribution in [0.4, 0.5) is 4.39 Å². The summed E-state index contributed by atoms with van der Waals surface area (Å²) in [5.41, 5.74) is 0.414. The molecular formula is C14H18FNO3. The van der Waals surface area contributed by atoms with Gasteiger partial charge < -0.3 is 14.7 Å².